The van der Waals surface area contributed by atoms with Gasteiger partial charge in [0.05, 0.1) is 0 Å². The van der Waals surface area contributed by atoms with Crippen LogP contribution in [-0.4, -0.2) is 18.7 Å². The van der Waals surface area contributed by atoms with Crippen molar-refractivity contribution in [1.82, 2.24) is 18.7 Å². The van der Waals surface area contributed by atoms with Crippen LogP contribution in [0.2, 0.25) is 0 Å². The van der Waals surface area contributed by atoms with Gasteiger partial charge >= 0.3 is 5.69 Å². The van der Waals surface area contributed by atoms with E-state index in [1.165, 1.54) is 28.4 Å². The van der Waals surface area contributed by atoms with Crippen LogP contribution in [0.3, 0.4) is 0 Å². The van der Waals surface area contributed by atoms with Crippen molar-refractivity contribution in [1.29, 1.82) is 0 Å². The van der Waals surface area contributed by atoms with Gasteiger partial charge in [0.25, 0.3) is 5.56 Å². The Bertz CT molecular complexity index is 791. The van der Waals surface area contributed by atoms with E-state index in [9.17, 15) is 9.59 Å². The average Bonchev–Trinajstić information content (AvgIpc) is 2.84. The molecule has 1 fully saturated rings. The molecule has 0 unspecified atom stereocenters. The highest BCUT2D eigenvalue weighted by atomic mass is 16.2. The molecule has 1 aliphatic carbocycles. The van der Waals surface area contributed by atoms with Crippen LogP contribution in [0.15, 0.2) is 9.59 Å². The Balaban J connectivity index is 2.29. The molecule has 6 nitrogen and oxygen atoms in total. The molecular formula is C15H22N4O2. The Kier molecular flexibility index (Phi) is 3.47. The summed E-state index contributed by atoms with van der Waals surface area (Å²) in [5, 5.41) is 0. The highest BCUT2D eigenvalue weighted by Gasteiger charge is 2.24. The molecule has 2 aromatic heterocycles. The molecule has 0 N–H and O–H groups in total. The Hall–Kier alpha value is -1.85. The van der Waals surface area contributed by atoms with Crippen LogP contribution in [0.4, 0.5) is 0 Å². The summed E-state index contributed by atoms with van der Waals surface area (Å²) in [4.78, 5) is 29.4. The lowest BCUT2D eigenvalue weighted by Crippen LogP contribution is -2.39. The van der Waals surface area contributed by atoms with Gasteiger partial charge in [-0.3, -0.25) is 13.9 Å². The molecule has 0 spiro atoms. The summed E-state index contributed by atoms with van der Waals surface area (Å²) in [7, 11) is 3.58. The molecule has 2 heterocycles. The lowest BCUT2D eigenvalue weighted by Gasteiger charge is -2.20. The number of imidazole rings is 1. The van der Waals surface area contributed by atoms with E-state index in [1.807, 2.05) is 18.5 Å². The summed E-state index contributed by atoms with van der Waals surface area (Å²) < 4.78 is 4.67. The van der Waals surface area contributed by atoms with E-state index in [2.05, 4.69) is 4.98 Å². The molecule has 0 radical (unpaired) electrons. The highest BCUT2D eigenvalue weighted by molar-refractivity contribution is 5.71. The van der Waals surface area contributed by atoms with Crippen LogP contribution in [0.5, 0.6) is 0 Å². The molecule has 2 aromatic rings. The quantitative estimate of drug-likeness (QED) is 0.842. The van der Waals surface area contributed by atoms with E-state index in [1.54, 1.807) is 7.05 Å². The fourth-order valence-electron chi connectivity index (χ4n) is 3.47. The standard InChI is InChI=1S/C15H22N4O2/c1-4-19-14(20)11-13(18(3)15(19)21)16-12(17(11)2)10-8-6-5-7-9-10/h10H,4-9H2,1-3H3. The van der Waals surface area contributed by atoms with Crippen molar-refractivity contribution >= 4 is 11.2 Å². The molecule has 1 saturated carbocycles. The lowest BCUT2D eigenvalue weighted by molar-refractivity contribution is 0.422. The van der Waals surface area contributed by atoms with Crippen molar-refractivity contribution in [2.75, 3.05) is 0 Å². The Morgan fingerprint density at radius 2 is 1.76 bits per heavy atom. The van der Waals surface area contributed by atoms with E-state index in [4.69, 9.17) is 0 Å². The SMILES string of the molecule is CCn1c(=O)c2c(nc(C3CCCCC3)n2C)n(C)c1=O. The first-order valence-electron chi connectivity index (χ1n) is 7.72. The molecule has 6 heteroatoms. The molecule has 0 saturated heterocycles. The van der Waals surface area contributed by atoms with E-state index in [0.29, 0.717) is 23.6 Å². The number of nitrogens with zero attached hydrogens (tertiary/aromatic N) is 4. The minimum atomic E-state index is -0.289. The van der Waals surface area contributed by atoms with Crippen molar-refractivity contribution in [3.05, 3.63) is 26.7 Å². The van der Waals surface area contributed by atoms with Crippen LogP contribution in [0.1, 0.15) is 50.8 Å². The van der Waals surface area contributed by atoms with E-state index in [-0.39, 0.29) is 11.2 Å². The minimum Gasteiger partial charge on any atom is -0.325 e. The Morgan fingerprint density at radius 1 is 1.10 bits per heavy atom. The summed E-state index contributed by atoms with van der Waals surface area (Å²) in [6.07, 6.45) is 5.94. The number of fused-ring (bicyclic) bond motifs is 1. The topological polar surface area (TPSA) is 61.8 Å². The van der Waals surface area contributed by atoms with Crippen molar-refractivity contribution in [3.63, 3.8) is 0 Å². The van der Waals surface area contributed by atoms with Crippen molar-refractivity contribution in [3.8, 4) is 0 Å². The third-order valence-electron chi connectivity index (χ3n) is 4.68. The molecule has 3 rings (SSSR count). The number of hydrogen-bond acceptors (Lipinski definition) is 3. The second-order valence-corrected chi connectivity index (χ2v) is 5.93. The number of aryl methyl sites for hydroxylation is 2. The predicted molar refractivity (Wildman–Crippen MR) is 81.7 cm³/mol. The third kappa shape index (κ3) is 2.04. The van der Waals surface area contributed by atoms with Gasteiger partial charge in [0.15, 0.2) is 11.2 Å². The number of hydrogen-bond donors (Lipinski definition) is 0. The second kappa shape index (κ2) is 5.16. The first kappa shape index (κ1) is 14.1. The summed E-state index contributed by atoms with van der Waals surface area (Å²) in [5.74, 6) is 1.35. The molecule has 0 aromatic carbocycles. The molecular weight excluding hydrogens is 268 g/mol. The molecule has 0 amide bonds. The first-order chi connectivity index (χ1) is 10.1. The molecule has 0 aliphatic heterocycles. The summed E-state index contributed by atoms with van der Waals surface area (Å²) >= 11 is 0. The highest BCUT2D eigenvalue weighted by Crippen LogP contribution is 2.32. The predicted octanol–water partition coefficient (Wildman–Crippen LogP) is 1.50. The largest absolute Gasteiger partial charge is 0.332 e. The van der Waals surface area contributed by atoms with Gasteiger partial charge in [-0.15, -0.1) is 0 Å². The van der Waals surface area contributed by atoms with Gasteiger partial charge in [-0.25, -0.2) is 9.78 Å². The molecule has 21 heavy (non-hydrogen) atoms. The minimum absolute atomic E-state index is 0.229. The van der Waals surface area contributed by atoms with Gasteiger partial charge in [-0.05, 0) is 19.8 Å². The molecule has 114 valence electrons. The Labute approximate surface area is 123 Å². The fourth-order valence-corrected chi connectivity index (χ4v) is 3.47. The zero-order valence-electron chi connectivity index (χ0n) is 12.9. The summed E-state index contributed by atoms with van der Waals surface area (Å²) in [6, 6.07) is 0. The maximum Gasteiger partial charge on any atom is 0.332 e. The van der Waals surface area contributed by atoms with Gasteiger partial charge in [0.2, 0.25) is 0 Å². The van der Waals surface area contributed by atoms with Gasteiger partial charge in [0.1, 0.15) is 5.82 Å². The number of aromatic nitrogens is 4. The molecule has 0 bridgehead atoms. The first-order valence-corrected chi connectivity index (χ1v) is 7.72. The van der Waals surface area contributed by atoms with Gasteiger partial charge in [-0.1, -0.05) is 19.3 Å². The van der Waals surface area contributed by atoms with Gasteiger partial charge < -0.3 is 4.57 Å². The van der Waals surface area contributed by atoms with E-state index < -0.39 is 0 Å². The zero-order valence-corrected chi connectivity index (χ0v) is 12.9. The van der Waals surface area contributed by atoms with Crippen molar-refractivity contribution in [2.24, 2.45) is 14.1 Å². The van der Waals surface area contributed by atoms with Crippen LogP contribution < -0.4 is 11.2 Å². The average molecular weight is 290 g/mol. The molecule has 0 atom stereocenters. The summed E-state index contributed by atoms with van der Waals surface area (Å²) in [6.45, 7) is 2.19. The van der Waals surface area contributed by atoms with Gasteiger partial charge in [-0.2, -0.15) is 0 Å². The van der Waals surface area contributed by atoms with Crippen LogP contribution in [0, 0.1) is 0 Å². The maximum absolute atomic E-state index is 12.5. The second-order valence-electron chi connectivity index (χ2n) is 5.93. The van der Waals surface area contributed by atoms with Crippen LogP contribution >= 0.6 is 0 Å². The monoisotopic (exact) mass is 290 g/mol. The van der Waals surface area contributed by atoms with Crippen molar-refractivity contribution < 1.29 is 0 Å². The molecule has 1 aliphatic rings. The zero-order chi connectivity index (χ0) is 15.1. The number of rotatable bonds is 2. The van der Waals surface area contributed by atoms with Gasteiger partial charge in [0, 0.05) is 26.6 Å². The summed E-state index contributed by atoms with van der Waals surface area (Å²) in [5.41, 5.74) is 0.535. The van der Waals surface area contributed by atoms with Crippen LogP contribution in [0.25, 0.3) is 11.2 Å². The normalized spacial score (nSPS) is 16.7. The lowest BCUT2D eigenvalue weighted by atomic mass is 9.89. The third-order valence-corrected chi connectivity index (χ3v) is 4.68. The van der Waals surface area contributed by atoms with E-state index in [0.717, 1.165) is 18.7 Å². The van der Waals surface area contributed by atoms with Crippen molar-refractivity contribution in [2.45, 2.75) is 51.5 Å². The maximum atomic E-state index is 12.5. The fraction of sp³-hybridized carbons (Fsp3) is 0.667. The van der Waals surface area contributed by atoms with E-state index >= 15 is 0 Å². The Morgan fingerprint density at radius 3 is 2.38 bits per heavy atom. The smallest absolute Gasteiger partial charge is 0.325 e. The van der Waals surface area contributed by atoms with Crippen LogP contribution in [-0.2, 0) is 20.6 Å².